The van der Waals surface area contributed by atoms with E-state index in [1.54, 1.807) is 6.92 Å². The molecule has 53 heavy (non-hydrogen) atoms. The summed E-state index contributed by atoms with van der Waals surface area (Å²) in [7, 11) is 0. The molecule has 0 atom stereocenters. The average Bonchev–Trinajstić information content (AvgIpc) is 3.62. The standard InChI is InChI=1S/C33H26O.C9H9N.C8H9N/c1-22-18-19-24-10-6-7-13-27(23(2)21-26(24)20-22)29-15-9-17-31-30-16-8-14-28(32(30)34-33(29)31)25-11-4-3-5-12-25;1-8(10-2)9-6-4-3-5-7-9;1-7(9)8-5-3-2-4-6-8/h3-9,11-20H,2,10,21H2,1H3;3-7H,1-2H2;2-6,9H,1H3/b7-6-,27-13+;;. The normalized spacial score (nSPS) is 13.7. The van der Waals surface area contributed by atoms with E-state index in [4.69, 9.17) is 9.83 Å². The number of benzene rings is 6. The molecule has 1 aromatic heterocycles. The van der Waals surface area contributed by atoms with Gasteiger partial charge in [0.2, 0.25) is 0 Å². The van der Waals surface area contributed by atoms with Crippen molar-refractivity contribution in [1.82, 2.24) is 0 Å². The molecule has 8 rings (SSSR count). The molecule has 0 amide bonds. The number of aliphatic imine (C=N–C) groups is 1. The van der Waals surface area contributed by atoms with Gasteiger partial charge >= 0.3 is 0 Å². The molecule has 0 saturated carbocycles. The Morgan fingerprint density at radius 1 is 0.679 bits per heavy atom. The summed E-state index contributed by atoms with van der Waals surface area (Å²) in [5.74, 6) is 0. The van der Waals surface area contributed by atoms with E-state index in [9.17, 15) is 0 Å². The second-order valence-electron chi connectivity index (χ2n) is 13.1. The van der Waals surface area contributed by atoms with Crippen molar-refractivity contribution in [3.63, 3.8) is 0 Å². The summed E-state index contributed by atoms with van der Waals surface area (Å²) in [6.07, 6.45) is 8.35. The minimum absolute atomic E-state index is 0.621. The molecular weight excluding hydrogens is 645 g/mol. The fourth-order valence-electron chi connectivity index (χ4n) is 6.49. The third kappa shape index (κ3) is 8.66. The molecule has 0 fully saturated rings. The lowest BCUT2D eigenvalue weighted by Crippen LogP contribution is -1.98. The lowest BCUT2D eigenvalue weighted by Gasteiger charge is -2.14. The summed E-state index contributed by atoms with van der Waals surface area (Å²) < 4.78 is 6.66. The van der Waals surface area contributed by atoms with Gasteiger partial charge in [0.05, 0.1) is 5.70 Å². The molecule has 0 bridgehead atoms. The first-order valence-electron chi connectivity index (χ1n) is 17.8. The highest BCUT2D eigenvalue weighted by Crippen LogP contribution is 2.40. The predicted octanol–water partition coefficient (Wildman–Crippen LogP) is 13.3. The molecule has 1 N–H and O–H groups in total. The molecule has 1 aliphatic carbocycles. The molecule has 0 radical (unpaired) electrons. The van der Waals surface area contributed by atoms with Gasteiger partial charge in [0.25, 0.3) is 0 Å². The Morgan fingerprint density at radius 3 is 1.87 bits per heavy atom. The Hall–Kier alpha value is -6.58. The summed E-state index contributed by atoms with van der Waals surface area (Å²) >= 11 is 0. The molecule has 260 valence electrons. The minimum Gasteiger partial charge on any atom is -0.455 e. The predicted molar refractivity (Wildman–Crippen MR) is 228 cm³/mol. The summed E-state index contributed by atoms with van der Waals surface area (Å²) in [6.45, 7) is 15.6. The SMILES string of the molecule is C=C1Cc2cc(C)ccc2C/C=C\C=C/1c1cccc2c1oc1c(-c3ccccc3)cccc12.C=NC(=C)c1ccccc1.CC(=N)c1ccccc1. The Labute approximate surface area is 313 Å². The van der Waals surface area contributed by atoms with Gasteiger partial charge in [-0.1, -0.05) is 183 Å². The van der Waals surface area contributed by atoms with Gasteiger partial charge in [-0.3, -0.25) is 4.99 Å². The molecule has 0 aliphatic heterocycles. The zero-order valence-corrected chi connectivity index (χ0v) is 30.5. The van der Waals surface area contributed by atoms with Crippen LogP contribution in [0.3, 0.4) is 0 Å². The van der Waals surface area contributed by atoms with Gasteiger partial charge in [-0.05, 0) is 72.4 Å². The molecule has 0 unspecified atom stereocenters. The number of aryl methyl sites for hydroxylation is 1. The molecular formula is C50H44N2O. The van der Waals surface area contributed by atoms with Crippen molar-refractivity contribution in [3.8, 4) is 11.1 Å². The van der Waals surface area contributed by atoms with Crippen LogP contribution in [0.15, 0.2) is 192 Å². The van der Waals surface area contributed by atoms with Crippen LogP contribution in [0.25, 0.3) is 44.3 Å². The third-order valence-corrected chi connectivity index (χ3v) is 9.29. The lowest BCUT2D eigenvalue weighted by atomic mass is 9.90. The van der Waals surface area contributed by atoms with Crippen LogP contribution in [0.5, 0.6) is 0 Å². The van der Waals surface area contributed by atoms with Crippen LogP contribution in [0.4, 0.5) is 0 Å². The van der Waals surface area contributed by atoms with E-state index < -0.39 is 0 Å². The van der Waals surface area contributed by atoms with E-state index in [-0.39, 0.29) is 0 Å². The Balaban J connectivity index is 0.000000206. The summed E-state index contributed by atoms with van der Waals surface area (Å²) in [6, 6.07) is 49.5. The number of hydrogen-bond acceptors (Lipinski definition) is 3. The van der Waals surface area contributed by atoms with Gasteiger partial charge in [0, 0.05) is 27.6 Å². The second kappa shape index (κ2) is 17.1. The molecule has 3 heteroatoms. The largest absolute Gasteiger partial charge is 0.455 e. The minimum atomic E-state index is 0.621. The van der Waals surface area contributed by atoms with E-state index in [1.807, 2.05) is 66.7 Å². The van der Waals surface area contributed by atoms with Crippen molar-refractivity contribution in [3.05, 3.63) is 216 Å². The number of nitrogens with one attached hydrogen (secondary N) is 1. The Kier molecular flexibility index (Phi) is 11.7. The summed E-state index contributed by atoms with van der Waals surface area (Å²) in [5.41, 5.74) is 14.8. The quantitative estimate of drug-likeness (QED) is 0.180. The maximum atomic E-state index is 7.24. The third-order valence-electron chi connectivity index (χ3n) is 9.29. The number of allylic oxidation sites excluding steroid dienone is 5. The van der Waals surface area contributed by atoms with Crippen molar-refractivity contribution in [2.24, 2.45) is 4.99 Å². The number of rotatable bonds is 5. The van der Waals surface area contributed by atoms with Crippen LogP contribution in [0, 0.1) is 12.3 Å². The second-order valence-corrected chi connectivity index (χ2v) is 13.1. The van der Waals surface area contributed by atoms with E-state index in [0.717, 1.165) is 79.4 Å². The van der Waals surface area contributed by atoms with Gasteiger partial charge in [-0.15, -0.1) is 0 Å². The highest BCUT2D eigenvalue weighted by Gasteiger charge is 2.18. The van der Waals surface area contributed by atoms with E-state index in [0.29, 0.717) is 5.71 Å². The monoisotopic (exact) mass is 688 g/mol. The fourth-order valence-corrected chi connectivity index (χ4v) is 6.49. The number of fused-ring (bicyclic) bond motifs is 4. The molecule has 7 aromatic rings. The smallest absolute Gasteiger partial charge is 0.143 e. The lowest BCUT2D eigenvalue weighted by molar-refractivity contribution is 0.668. The van der Waals surface area contributed by atoms with Crippen LogP contribution in [0.2, 0.25) is 0 Å². The maximum absolute atomic E-state index is 7.24. The first-order valence-corrected chi connectivity index (χ1v) is 17.8. The van der Waals surface area contributed by atoms with Gasteiger partial charge < -0.3 is 9.83 Å². The van der Waals surface area contributed by atoms with Crippen molar-refractivity contribution in [2.75, 3.05) is 0 Å². The number of hydrogen-bond donors (Lipinski definition) is 1. The molecule has 3 nitrogen and oxygen atoms in total. The fraction of sp³-hybridized carbons (Fsp3) is 0.0800. The van der Waals surface area contributed by atoms with Crippen LogP contribution >= 0.6 is 0 Å². The molecule has 1 aliphatic rings. The van der Waals surface area contributed by atoms with Gasteiger partial charge in [-0.2, -0.15) is 0 Å². The zero-order chi connectivity index (χ0) is 37.2. The van der Waals surface area contributed by atoms with Crippen molar-refractivity contribution >= 4 is 45.6 Å². The van der Waals surface area contributed by atoms with Crippen LogP contribution in [-0.2, 0) is 12.8 Å². The maximum Gasteiger partial charge on any atom is 0.143 e. The van der Waals surface area contributed by atoms with Crippen molar-refractivity contribution in [1.29, 1.82) is 5.41 Å². The van der Waals surface area contributed by atoms with Crippen molar-refractivity contribution in [2.45, 2.75) is 26.7 Å². The topological polar surface area (TPSA) is 49.4 Å². The molecule has 0 spiro atoms. The van der Waals surface area contributed by atoms with Crippen LogP contribution < -0.4 is 0 Å². The molecule has 1 heterocycles. The van der Waals surface area contributed by atoms with E-state index in [2.05, 4.69) is 129 Å². The van der Waals surface area contributed by atoms with E-state index >= 15 is 0 Å². The number of para-hydroxylation sites is 2. The number of nitrogens with zero attached hydrogens (tertiary/aromatic N) is 1. The highest BCUT2D eigenvalue weighted by atomic mass is 16.3. The first-order chi connectivity index (χ1) is 25.8. The average molecular weight is 689 g/mol. The van der Waals surface area contributed by atoms with Crippen LogP contribution in [-0.4, -0.2) is 12.4 Å². The first kappa shape index (κ1) is 36.2. The molecule has 6 aromatic carbocycles. The van der Waals surface area contributed by atoms with Crippen LogP contribution in [0.1, 0.15) is 40.3 Å². The van der Waals surface area contributed by atoms with Gasteiger partial charge in [0.1, 0.15) is 11.2 Å². The van der Waals surface area contributed by atoms with E-state index in [1.165, 1.54) is 16.7 Å². The van der Waals surface area contributed by atoms with Gasteiger partial charge in [-0.25, -0.2) is 0 Å². The Bertz CT molecular complexity index is 2460. The zero-order valence-electron chi connectivity index (χ0n) is 30.5. The molecule has 0 saturated heterocycles. The number of furan rings is 1. The Morgan fingerprint density at radius 2 is 1.26 bits per heavy atom. The summed E-state index contributed by atoms with van der Waals surface area (Å²) in [5, 5.41) is 9.52. The summed E-state index contributed by atoms with van der Waals surface area (Å²) in [4.78, 5) is 3.71. The van der Waals surface area contributed by atoms with Gasteiger partial charge in [0.15, 0.2) is 0 Å². The highest BCUT2D eigenvalue weighted by molar-refractivity contribution is 6.12. The van der Waals surface area contributed by atoms with Crippen molar-refractivity contribution < 1.29 is 4.42 Å².